The van der Waals surface area contributed by atoms with Crippen LogP contribution in [-0.2, 0) is 0 Å². The lowest BCUT2D eigenvalue weighted by Gasteiger charge is -1.98. The first kappa shape index (κ1) is 6.79. The van der Waals surface area contributed by atoms with Gasteiger partial charge in [0.2, 0.25) is 0 Å². The molecule has 0 radical (unpaired) electrons. The second kappa shape index (κ2) is 2.30. The number of fused-ring (bicyclic) bond motifs is 1. The van der Waals surface area contributed by atoms with Gasteiger partial charge in [-0.05, 0) is 22.9 Å². The number of imidazole rings is 1. The van der Waals surface area contributed by atoms with Crippen molar-refractivity contribution in [2.24, 2.45) is 0 Å². The van der Waals surface area contributed by atoms with Crippen LogP contribution in [0.4, 0.5) is 0 Å². The van der Waals surface area contributed by atoms with Gasteiger partial charge in [0.25, 0.3) is 0 Å². The average Bonchev–Trinajstić information content (AvgIpc) is 2.45. The van der Waals surface area contributed by atoms with Gasteiger partial charge in [0.15, 0.2) is 5.65 Å². The molecular weight excluding hydrogens is 206 g/mol. The highest BCUT2D eigenvalue weighted by Crippen LogP contribution is 2.14. The highest BCUT2D eigenvalue weighted by Gasteiger charge is 2.00. The Hall–Kier alpha value is -0.900. The fourth-order valence-electron chi connectivity index (χ4n) is 1.01. The molecule has 0 atom stereocenters. The van der Waals surface area contributed by atoms with Crippen molar-refractivity contribution in [2.75, 3.05) is 0 Å². The summed E-state index contributed by atoms with van der Waals surface area (Å²) in [5.41, 5.74) is 0.914. The quantitative estimate of drug-likeness (QED) is 0.666. The topological polar surface area (TPSA) is 30.2 Å². The number of hydrogen-bond donors (Lipinski definition) is 0. The first-order valence-corrected chi connectivity index (χ1v) is 4.02. The molecule has 11 heavy (non-hydrogen) atoms. The molecule has 0 fully saturated rings. The van der Waals surface area contributed by atoms with Crippen LogP contribution in [0.15, 0.2) is 23.1 Å². The summed E-state index contributed by atoms with van der Waals surface area (Å²) in [4.78, 5) is 8.31. The van der Waals surface area contributed by atoms with Crippen molar-refractivity contribution in [3.05, 3.63) is 28.9 Å². The number of aromatic nitrogens is 3. The lowest BCUT2D eigenvalue weighted by Crippen LogP contribution is -1.93. The average molecular weight is 212 g/mol. The molecule has 0 aliphatic heterocycles. The van der Waals surface area contributed by atoms with Crippen LogP contribution in [0.1, 0.15) is 5.82 Å². The zero-order valence-corrected chi connectivity index (χ0v) is 7.54. The molecule has 4 heteroatoms. The van der Waals surface area contributed by atoms with E-state index in [0.717, 1.165) is 15.9 Å². The molecule has 0 unspecified atom stereocenters. The molecule has 0 saturated carbocycles. The molecule has 0 aliphatic rings. The Kier molecular flexibility index (Phi) is 1.42. The Labute approximate surface area is 72.2 Å². The molecule has 0 aliphatic carbocycles. The van der Waals surface area contributed by atoms with E-state index in [0.29, 0.717) is 0 Å². The maximum atomic E-state index is 4.16. The normalized spacial score (nSPS) is 10.7. The minimum atomic E-state index is 0.914. The summed E-state index contributed by atoms with van der Waals surface area (Å²) in [6, 6.07) is 0. The van der Waals surface area contributed by atoms with Crippen LogP contribution in [-0.4, -0.2) is 14.4 Å². The van der Waals surface area contributed by atoms with Gasteiger partial charge in [-0.1, -0.05) is 0 Å². The zero-order valence-electron chi connectivity index (χ0n) is 5.95. The maximum Gasteiger partial charge on any atom is 0.154 e. The minimum absolute atomic E-state index is 0.914. The molecular formula is C7H6BrN3. The molecule has 56 valence electrons. The van der Waals surface area contributed by atoms with Crippen molar-refractivity contribution in [3.8, 4) is 0 Å². The van der Waals surface area contributed by atoms with Crippen molar-refractivity contribution in [3.63, 3.8) is 0 Å². The molecule has 2 heterocycles. The van der Waals surface area contributed by atoms with E-state index in [1.54, 1.807) is 12.4 Å². The van der Waals surface area contributed by atoms with Crippen LogP contribution < -0.4 is 0 Å². The first-order chi connectivity index (χ1) is 5.29. The molecule has 2 aromatic heterocycles. The SMILES string of the molecule is Cc1ncc(Br)c2nccn12. The number of halogens is 1. The van der Waals surface area contributed by atoms with E-state index in [2.05, 4.69) is 25.9 Å². The Balaban J connectivity index is 2.96. The standard InChI is InChI=1S/C7H6BrN3/c1-5-10-4-6(8)7-9-2-3-11(5)7/h2-4H,1H3. The van der Waals surface area contributed by atoms with Crippen molar-refractivity contribution in [1.82, 2.24) is 14.4 Å². The Morgan fingerprint density at radius 2 is 2.27 bits per heavy atom. The second-order valence-corrected chi connectivity index (χ2v) is 3.13. The summed E-state index contributed by atoms with van der Waals surface area (Å²) in [7, 11) is 0. The van der Waals surface area contributed by atoms with Gasteiger partial charge in [-0.3, -0.25) is 4.40 Å². The van der Waals surface area contributed by atoms with Gasteiger partial charge in [-0.15, -0.1) is 0 Å². The molecule has 2 aromatic rings. The van der Waals surface area contributed by atoms with Crippen molar-refractivity contribution in [2.45, 2.75) is 6.92 Å². The number of nitrogens with zero attached hydrogens (tertiary/aromatic N) is 3. The minimum Gasteiger partial charge on any atom is -0.287 e. The van der Waals surface area contributed by atoms with Crippen LogP contribution in [0, 0.1) is 6.92 Å². The van der Waals surface area contributed by atoms with Gasteiger partial charge in [0.05, 0.1) is 4.47 Å². The summed E-state index contributed by atoms with van der Waals surface area (Å²) in [5, 5.41) is 0. The molecule has 0 amide bonds. The third-order valence-electron chi connectivity index (χ3n) is 1.57. The number of rotatable bonds is 0. The molecule has 0 spiro atoms. The summed E-state index contributed by atoms with van der Waals surface area (Å²) < 4.78 is 2.86. The smallest absolute Gasteiger partial charge is 0.154 e. The van der Waals surface area contributed by atoms with Crippen LogP contribution in [0.5, 0.6) is 0 Å². The van der Waals surface area contributed by atoms with Crippen LogP contribution in [0.25, 0.3) is 5.65 Å². The van der Waals surface area contributed by atoms with Gasteiger partial charge in [0, 0.05) is 18.6 Å². The molecule has 0 aromatic carbocycles. The van der Waals surface area contributed by atoms with Gasteiger partial charge >= 0.3 is 0 Å². The van der Waals surface area contributed by atoms with Crippen molar-refractivity contribution < 1.29 is 0 Å². The number of hydrogen-bond acceptors (Lipinski definition) is 2. The summed E-state index contributed by atoms with van der Waals surface area (Å²) in [5.74, 6) is 0.945. The van der Waals surface area contributed by atoms with Gasteiger partial charge < -0.3 is 0 Å². The monoisotopic (exact) mass is 211 g/mol. The molecule has 0 bridgehead atoms. The summed E-state index contributed by atoms with van der Waals surface area (Å²) in [6.07, 6.45) is 5.41. The maximum absolute atomic E-state index is 4.16. The van der Waals surface area contributed by atoms with Crippen molar-refractivity contribution in [1.29, 1.82) is 0 Å². The van der Waals surface area contributed by atoms with Gasteiger partial charge in [0.1, 0.15) is 5.82 Å². The van der Waals surface area contributed by atoms with E-state index in [1.807, 2.05) is 17.5 Å². The third-order valence-corrected chi connectivity index (χ3v) is 2.13. The first-order valence-electron chi connectivity index (χ1n) is 3.23. The van der Waals surface area contributed by atoms with E-state index in [4.69, 9.17) is 0 Å². The van der Waals surface area contributed by atoms with E-state index in [1.165, 1.54) is 0 Å². The van der Waals surface area contributed by atoms with E-state index in [-0.39, 0.29) is 0 Å². The van der Waals surface area contributed by atoms with Crippen LogP contribution >= 0.6 is 15.9 Å². The largest absolute Gasteiger partial charge is 0.287 e. The summed E-state index contributed by atoms with van der Waals surface area (Å²) >= 11 is 3.36. The van der Waals surface area contributed by atoms with E-state index >= 15 is 0 Å². The lowest BCUT2D eigenvalue weighted by atomic mass is 10.5. The molecule has 2 rings (SSSR count). The number of aryl methyl sites for hydroxylation is 1. The fraction of sp³-hybridized carbons (Fsp3) is 0.143. The van der Waals surface area contributed by atoms with Gasteiger partial charge in [-0.25, -0.2) is 9.97 Å². The molecule has 0 N–H and O–H groups in total. The third kappa shape index (κ3) is 0.939. The highest BCUT2D eigenvalue weighted by atomic mass is 79.9. The Morgan fingerprint density at radius 3 is 3.00 bits per heavy atom. The van der Waals surface area contributed by atoms with Gasteiger partial charge in [-0.2, -0.15) is 0 Å². The summed E-state index contributed by atoms with van der Waals surface area (Å²) in [6.45, 7) is 1.95. The zero-order chi connectivity index (χ0) is 7.84. The predicted molar refractivity (Wildman–Crippen MR) is 45.4 cm³/mol. The molecule has 3 nitrogen and oxygen atoms in total. The molecule has 0 saturated heterocycles. The highest BCUT2D eigenvalue weighted by molar-refractivity contribution is 9.10. The second-order valence-electron chi connectivity index (χ2n) is 2.27. The van der Waals surface area contributed by atoms with E-state index in [9.17, 15) is 0 Å². The van der Waals surface area contributed by atoms with Crippen molar-refractivity contribution >= 4 is 21.6 Å². The van der Waals surface area contributed by atoms with Crippen LogP contribution in [0.2, 0.25) is 0 Å². The lowest BCUT2D eigenvalue weighted by molar-refractivity contribution is 0.981. The Bertz CT molecular complexity index is 357. The predicted octanol–water partition coefficient (Wildman–Crippen LogP) is 1.80. The van der Waals surface area contributed by atoms with Crippen LogP contribution in [0.3, 0.4) is 0 Å². The fourth-order valence-corrected chi connectivity index (χ4v) is 1.41. The van der Waals surface area contributed by atoms with E-state index < -0.39 is 0 Å². The Morgan fingerprint density at radius 1 is 1.45 bits per heavy atom.